The highest BCUT2D eigenvalue weighted by atomic mass is 16.5. The number of aryl methyl sites for hydroxylation is 1. The van der Waals surface area contributed by atoms with Crippen LogP contribution in [0.1, 0.15) is 40.3 Å². The first-order valence-corrected chi connectivity index (χ1v) is 10.9. The Bertz CT molecular complexity index is 1290. The van der Waals surface area contributed by atoms with Gasteiger partial charge in [-0.15, -0.1) is 0 Å². The zero-order valence-corrected chi connectivity index (χ0v) is 17.9. The van der Waals surface area contributed by atoms with E-state index in [2.05, 4.69) is 71.0 Å². The molecule has 4 nitrogen and oxygen atoms in total. The summed E-state index contributed by atoms with van der Waals surface area (Å²) in [5.74, 6) is 1.75. The van der Waals surface area contributed by atoms with Gasteiger partial charge >= 0.3 is 0 Å². The molecule has 3 aromatic carbocycles. The van der Waals surface area contributed by atoms with E-state index in [1.54, 1.807) is 14.2 Å². The van der Waals surface area contributed by atoms with Gasteiger partial charge in [0, 0.05) is 34.6 Å². The maximum absolute atomic E-state index is 5.83. The van der Waals surface area contributed by atoms with Gasteiger partial charge < -0.3 is 19.8 Å². The van der Waals surface area contributed by atoms with Gasteiger partial charge in [0.2, 0.25) is 0 Å². The highest BCUT2D eigenvalue weighted by Gasteiger charge is 2.47. The highest BCUT2D eigenvalue weighted by Crippen LogP contribution is 2.51. The van der Waals surface area contributed by atoms with Gasteiger partial charge in [-0.25, -0.2) is 0 Å². The lowest BCUT2D eigenvalue weighted by Gasteiger charge is -2.40. The first-order chi connectivity index (χ1) is 15.3. The zero-order valence-electron chi connectivity index (χ0n) is 17.9. The molecular formula is C27H26N2O2. The van der Waals surface area contributed by atoms with Crippen molar-refractivity contribution in [1.82, 2.24) is 10.3 Å². The molecule has 2 atom stereocenters. The minimum atomic E-state index is -0.173. The van der Waals surface area contributed by atoms with Crippen LogP contribution in [-0.4, -0.2) is 25.7 Å². The summed E-state index contributed by atoms with van der Waals surface area (Å²) in [5.41, 5.74) is 7.68. The van der Waals surface area contributed by atoms with Crippen molar-refractivity contribution in [1.29, 1.82) is 0 Å². The number of nitrogens with one attached hydrogen (secondary N) is 2. The Labute approximate surface area is 182 Å². The molecule has 0 bridgehead atoms. The van der Waals surface area contributed by atoms with E-state index in [1.807, 2.05) is 6.07 Å². The molecule has 156 valence electrons. The van der Waals surface area contributed by atoms with Gasteiger partial charge in [-0.3, -0.25) is 0 Å². The lowest BCUT2D eigenvalue weighted by molar-refractivity contribution is 0.337. The predicted octanol–water partition coefficient (Wildman–Crippen LogP) is 5.11. The second-order valence-corrected chi connectivity index (χ2v) is 8.54. The smallest absolute Gasteiger partial charge is 0.164 e. The van der Waals surface area contributed by atoms with Crippen LogP contribution in [0.5, 0.6) is 11.5 Å². The third-order valence-corrected chi connectivity index (χ3v) is 7.18. The van der Waals surface area contributed by atoms with Crippen LogP contribution in [0.2, 0.25) is 0 Å². The molecule has 1 spiro atoms. The Hall–Kier alpha value is -3.24. The summed E-state index contributed by atoms with van der Waals surface area (Å²) in [7, 11) is 3.42. The first-order valence-electron chi connectivity index (χ1n) is 10.9. The molecule has 0 saturated heterocycles. The second-order valence-electron chi connectivity index (χ2n) is 8.54. The molecular weight excluding hydrogens is 384 g/mol. The van der Waals surface area contributed by atoms with Crippen molar-refractivity contribution in [2.24, 2.45) is 0 Å². The van der Waals surface area contributed by atoms with Crippen LogP contribution in [0.4, 0.5) is 0 Å². The molecule has 0 amide bonds. The fraction of sp³-hybridized carbons (Fsp3) is 0.259. The molecule has 0 fully saturated rings. The molecule has 0 saturated carbocycles. The van der Waals surface area contributed by atoms with Gasteiger partial charge in [-0.2, -0.15) is 0 Å². The Balaban J connectivity index is 1.62. The lowest BCUT2D eigenvalue weighted by atomic mass is 9.76. The maximum atomic E-state index is 5.83. The van der Waals surface area contributed by atoms with Gasteiger partial charge in [0.1, 0.15) is 0 Å². The van der Waals surface area contributed by atoms with Crippen LogP contribution in [0.25, 0.3) is 10.9 Å². The maximum Gasteiger partial charge on any atom is 0.164 e. The monoisotopic (exact) mass is 410 g/mol. The number of rotatable bonds is 3. The Morgan fingerprint density at radius 1 is 0.903 bits per heavy atom. The molecule has 2 aliphatic rings. The van der Waals surface area contributed by atoms with Crippen molar-refractivity contribution in [3.63, 3.8) is 0 Å². The first kappa shape index (κ1) is 18.5. The number of hydrogen-bond acceptors (Lipinski definition) is 3. The zero-order chi connectivity index (χ0) is 21.0. The number of aromatic nitrogens is 1. The van der Waals surface area contributed by atoms with Gasteiger partial charge in [-0.05, 0) is 41.7 Å². The average Bonchev–Trinajstić information content (AvgIpc) is 3.39. The SMILES string of the molecule is COc1cccc([C@@H]2CN[C@]3(CCc4ccccc43)c3[nH]c4ccccc4c32)c1OC. The molecule has 0 unspecified atom stereocenters. The van der Waals surface area contributed by atoms with Crippen molar-refractivity contribution in [2.75, 3.05) is 20.8 Å². The van der Waals surface area contributed by atoms with E-state index in [1.165, 1.54) is 33.3 Å². The minimum absolute atomic E-state index is 0.162. The number of methoxy groups -OCH3 is 2. The Morgan fingerprint density at radius 3 is 2.61 bits per heavy atom. The van der Waals surface area contributed by atoms with Gasteiger partial charge in [0.15, 0.2) is 11.5 Å². The molecule has 31 heavy (non-hydrogen) atoms. The van der Waals surface area contributed by atoms with E-state index in [9.17, 15) is 0 Å². The number of benzene rings is 3. The number of fused-ring (bicyclic) bond motifs is 6. The number of H-pyrrole nitrogens is 1. The molecule has 6 rings (SSSR count). The molecule has 4 heteroatoms. The molecule has 4 aromatic rings. The van der Waals surface area contributed by atoms with Crippen LogP contribution in [0, 0.1) is 0 Å². The van der Waals surface area contributed by atoms with E-state index in [-0.39, 0.29) is 11.5 Å². The standard InChI is InChI=1S/C27H26N2O2/c1-30-23-13-7-10-18(25(23)31-2)20-16-28-27(15-14-17-8-3-5-11-21(17)27)26-24(20)19-9-4-6-12-22(19)29-26/h3-13,20,28-29H,14-16H2,1-2H3/t20-,27-/m0/s1. The Morgan fingerprint density at radius 2 is 1.74 bits per heavy atom. The van der Waals surface area contributed by atoms with Gasteiger partial charge in [-0.1, -0.05) is 54.6 Å². The van der Waals surface area contributed by atoms with Crippen LogP contribution >= 0.6 is 0 Å². The fourth-order valence-electron chi connectivity index (χ4n) is 5.84. The third-order valence-electron chi connectivity index (χ3n) is 7.18. The second kappa shape index (κ2) is 6.89. The molecule has 2 N–H and O–H groups in total. The quantitative estimate of drug-likeness (QED) is 0.493. The van der Waals surface area contributed by atoms with Crippen molar-refractivity contribution in [3.05, 3.63) is 94.7 Å². The van der Waals surface area contributed by atoms with Gasteiger partial charge in [0.25, 0.3) is 0 Å². The van der Waals surface area contributed by atoms with Crippen molar-refractivity contribution >= 4 is 10.9 Å². The summed E-state index contributed by atoms with van der Waals surface area (Å²) >= 11 is 0. The average molecular weight is 411 g/mol. The Kier molecular flexibility index (Phi) is 4.12. The summed E-state index contributed by atoms with van der Waals surface area (Å²) in [5, 5.41) is 5.27. The van der Waals surface area contributed by atoms with E-state index >= 15 is 0 Å². The predicted molar refractivity (Wildman–Crippen MR) is 123 cm³/mol. The van der Waals surface area contributed by atoms with Gasteiger partial charge in [0.05, 0.1) is 19.8 Å². The van der Waals surface area contributed by atoms with E-state index < -0.39 is 0 Å². The molecule has 2 heterocycles. The topological polar surface area (TPSA) is 46.3 Å². The summed E-state index contributed by atoms with van der Waals surface area (Å²) in [6.07, 6.45) is 2.15. The van der Waals surface area contributed by atoms with Crippen molar-refractivity contribution in [2.45, 2.75) is 24.3 Å². The van der Waals surface area contributed by atoms with Crippen LogP contribution in [0.15, 0.2) is 66.7 Å². The number of ether oxygens (including phenoxy) is 2. The molecule has 0 radical (unpaired) electrons. The molecule has 1 aliphatic heterocycles. The molecule has 1 aliphatic carbocycles. The largest absolute Gasteiger partial charge is 0.493 e. The summed E-state index contributed by atoms with van der Waals surface area (Å²) in [6, 6.07) is 23.7. The van der Waals surface area contributed by atoms with Crippen molar-refractivity contribution in [3.8, 4) is 11.5 Å². The van der Waals surface area contributed by atoms with Crippen LogP contribution in [-0.2, 0) is 12.0 Å². The highest BCUT2D eigenvalue weighted by molar-refractivity contribution is 5.87. The summed E-state index contributed by atoms with van der Waals surface area (Å²) in [6.45, 7) is 0.840. The normalized spacial score (nSPS) is 21.8. The minimum Gasteiger partial charge on any atom is -0.493 e. The number of hydrogen-bond donors (Lipinski definition) is 2. The number of aromatic amines is 1. The lowest BCUT2D eigenvalue weighted by Crippen LogP contribution is -2.48. The third kappa shape index (κ3) is 2.52. The van der Waals surface area contributed by atoms with Crippen LogP contribution in [0.3, 0.4) is 0 Å². The van der Waals surface area contributed by atoms with E-state index in [4.69, 9.17) is 9.47 Å². The summed E-state index contributed by atoms with van der Waals surface area (Å²) < 4.78 is 11.4. The number of para-hydroxylation sites is 2. The van der Waals surface area contributed by atoms with E-state index in [0.717, 1.165) is 36.4 Å². The van der Waals surface area contributed by atoms with Crippen molar-refractivity contribution < 1.29 is 9.47 Å². The summed E-state index contributed by atoms with van der Waals surface area (Å²) in [4.78, 5) is 3.82. The van der Waals surface area contributed by atoms with E-state index in [0.29, 0.717) is 0 Å². The molecule has 1 aromatic heterocycles. The van der Waals surface area contributed by atoms with Crippen LogP contribution < -0.4 is 14.8 Å². The fourth-order valence-corrected chi connectivity index (χ4v) is 5.84.